The molecule has 2 nitrogen and oxygen atoms in total. The minimum atomic E-state index is -0.469. The topological polar surface area (TPSA) is 12.2 Å². The first-order valence-electron chi connectivity index (χ1n) is 9.60. The number of ether oxygens (including phenoxy) is 1. The standard InChI is InChI=1S/C26H24NOTe/c1-27(2)22-13-10-19(11-14-22)9-12-21-17-25(20-7-5-4-6-8-20)29-26-18-23(28-3)15-16-24(21)26/h4-18H,1-3H3/q+1/b21-12+. The van der Waals surface area contributed by atoms with Crippen LogP contribution in [0.25, 0.3) is 9.19 Å². The average molecular weight is 494 g/mol. The molecule has 0 N–H and O–H groups in total. The second kappa shape index (κ2) is 8.82. The van der Waals surface area contributed by atoms with Crippen LogP contribution in [-0.2, 0) is 0 Å². The Labute approximate surface area is 183 Å². The summed E-state index contributed by atoms with van der Waals surface area (Å²) in [5, 5.41) is 0. The van der Waals surface area contributed by atoms with Gasteiger partial charge < -0.3 is 0 Å². The van der Waals surface area contributed by atoms with Crippen molar-refractivity contribution in [3.8, 4) is 5.75 Å². The zero-order valence-electron chi connectivity index (χ0n) is 16.9. The summed E-state index contributed by atoms with van der Waals surface area (Å²) in [6.07, 6.45) is 15.5. The van der Waals surface area contributed by atoms with Crippen molar-refractivity contribution >= 4 is 39.4 Å². The van der Waals surface area contributed by atoms with Gasteiger partial charge in [-0.25, -0.2) is 0 Å². The number of benzene rings is 2. The van der Waals surface area contributed by atoms with Crippen LogP contribution < -0.4 is 8.35 Å². The monoisotopic (exact) mass is 496 g/mol. The van der Waals surface area contributed by atoms with E-state index in [1.165, 1.54) is 35.2 Å². The van der Waals surface area contributed by atoms with Crippen LogP contribution in [-0.4, -0.2) is 52.4 Å². The molecule has 0 saturated heterocycles. The number of nitrogens with zero attached hydrogens (tertiary/aromatic N) is 1. The molecule has 2 aromatic rings. The van der Waals surface area contributed by atoms with E-state index in [1.807, 2.05) is 0 Å². The van der Waals surface area contributed by atoms with Crippen molar-refractivity contribution in [3.63, 3.8) is 0 Å². The Kier molecular flexibility index (Phi) is 5.99. The normalized spacial score (nSPS) is 16.5. The van der Waals surface area contributed by atoms with Crippen molar-refractivity contribution in [1.29, 1.82) is 0 Å². The van der Waals surface area contributed by atoms with Crippen molar-refractivity contribution in [2.75, 3.05) is 21.2 Å². The van der Waals surface area contributed by atoms with E-state index in [4.69, 9.17) is 4.74 Å². The summed E-state index contributed by atoms with van der Waals surface area (Å²) in [4.78, 5) is 0. The van der Waals surface area contributed by atoms with Gasteiger partial charge in [-0.15, -0.1) is 0 Å². The molecule has 29 heavy (non-hydrogen) atoms. The van der Waals surface area contributed by atoms with Crippen LogP contribution >= 0.6 is 0 Å². The van der Waals surface area contributed by atoms with Crippen LogP contribution in [0.1, 0.15) is 11.1 Å². The van der Waals surface area contributed by atoms with Crippen molar-refractivity contribution in [2.45, 2.75) is 0 Å². The molecule has 0 radical (unpaired) electrons. The molecule has 144 valence electrons. The van der Waals surface area contributed by atoms with E-state index in [2.05, 4.69) is 110 Å². The molecule has 0 spiro atoms. The van der Waals surface area contributed by atoms with Crippen LogP contribution in [0.5, 0.6) is 5.75 Å². The number of hydrogen-bond acceptors (Lipinski definition) is 1. The van der Waals surface area contributed by atoms with Gasteiger partial charge in [0, 0.05) is 0 Å². The third-order valence-corrected chi connectivity index (χ3v) is 8.16. The fraction of sp³-hybridized carbons (Fsp3) is 0.115. The van der Waals surface area contributed by atoms with Gasteiger partial charge in [0.25, 0.3) is 0 Å². The van der Waals surface area contributed by atoms with Crippen molar-refractivity contribution in [2.24, 2.45) is 0 Å². The number of fused-ring (bicyclic) bond motifs is 1. The molecule has 3 heteroatoms. The fourth-order valence-corrected chi connectivity index (χ4v) is 6.55. The second-order valence-electron chi connectivity index (χ2n) is 7.11. The molecule has 0 atom stereocenters. The molecule has 0 saturated carbocycles. The molecule has 1 aliphatic heterocycles. The van der Waals surface area contributed by atoms with Gasteiger partial charge in [0.1, 0.15) is 0 Å². The molecule has 4 rings (SSSR count). The summed E-state index contributed by atoms with van der Waals surface area (Å²) < 4.78 is 10.5. The Balaban J connectivity index is 1.74. The van der Waals surface area contributed by atoms with Gasteiger partial charge in [0.15, 0.2) is 0 Å². The van der Waals surface area contributed by atoms with Crippen LogP contribution in [0.4, 0.5) is 0 Å². The first-order chi connectivity index (χ1) is 14.1. The third-order valence-electron chi connectivity index (χ3n) is 4.93. The minimum absolute atomic E-state index is 0.469. The van der Waals surface area contributed by atoms with Gasteiger partial charge in [0.2, 0.25) is 0 Å². The van der Waals surface area contributed by atoms with Crippen LogP contribution in [0.2, 0.25) is 0 Å². The van der Waals surface area contributed by atoms with Gasteiger partial charge >= 0.3 is 183 Å². The molecule has 2 aromatic carbocycles. The Hall–Kier alpha value is -2.60. The SMILES string of the molecule is COc1ccc2c(c1)[Te]C(c1ccccc1)=C/C2=C\C=C1C=CC(=[N+](C)C)C=C1. The third kappa shape index (κ3) is 4.53. The predicted octanol–water partition coefficient (Wildman–Crippen LogP) is 4.23. The fourth-order valence-electron chi connectivity index (χ4n) is 3.27. The summed E-state index contributed by atoms with van der Waals surface area (Å²) >= 11 is -0.469. The zero-order valence-corrected chi connectivity index (χ0v) is 19.3. The Morgan fingerprint density at radius 1 is 0.897 bits per heavy atom. The van der Waals surface area contributed by atoms with Gasteiger partial charge in [-0.3, -0.25) is 0 Å². The van der Waals surface area contributed by atoms with Crippen molar-refractivity contribution in [3.05, 3.63) is 108 Å². The summed E-state index contributed by atoms with van der Waals surface area (Å²) in [5.74, 6) is 0.936. The zero-order chi connectivity index (χ0) is 20.2. The van der Waals surface area contributed by atoms with Crippen molar-refractivity contribution in [1.82, 2.24) is 0 Å². The maximum absolute atomic E-state index is 5.49. The molecule has 0 bridgehead atoms. The number of allylic oxidation sites excluding steroid dienone is 9. The van der Waals surface area contributed by atoms with E-state index in [0.29, 0.717) is 0 Å². The van der Waals surface area contributed by atoms with E-state index < -0.39 is 20.9 Å². The van der Waals surface area contributed by atoms with Crippen LogP contribution in [0.15, 0.2) is 96.6 Å². The quantitative estimate of drug-likeness (QED) is 0.460. The van der Waals surface area contributed by atoms with Crippen LogP contribution in [0, 0.1) is 0 Å². The molecule has 0 fully saturated rings. The molecule has 1 heterocycles. The number of hydrogen-bond donors (Lipinski definition) is 0. The summed E-state index contributed by atoms with van der Waals surface area (Å²) in [6, 6.07) is 17.2. The number of methoxy groups -OCH3 is 1. The first-order valence-corrected chi connectivity index (χ1v) is 11.9. The maximum atomic E-state index is 5.49. The predicted molar refractivity (Wildman–Crippen MR) is 124 cm³/mol. The van der Waals surface area contributed by atoms with Crippen molar-refractivity contribution < 1.29 is 9.31 Å². The molecular formula is C26H24NOTe+. The van der Waals surface area contributed by atoms with Gasteiger partial charge in [-0.05, 0) is 0 Å². The van der Waals surface area contributed by atoms with Gasteiger partial charge in [-0.2, -0.15) is 0 Å². The van der Waals surface area contributed by atoms with E-state index in [-0.39, 0.29) is 0 Å². The molecule has 0 aromatic heterocycles. The van der Waals surface area contributed by atoms with E-state index >= 15 is 0 Å². The van der Waals surface area contributed by atoms with E-state index in [1.54, 1.807) is 7.11 Å². The van der Waals surface area contributed by atoms with E-state index in [0.717, 1.165) is 5.75 Å². The summed E-state index contributed by atoms with van der Waals surface area (Å²) in [5.41, 5.74) is 6.32. The Morgan fingerprint density at radius 3 is 2.34 bits per heavy atom. The molecule has 1 aliphatic carbocycles. The molecule has 0 unspecified atom stereocenters. The first kappa shape index (κ1) is 19.7. The average Bonchev–Trinajstić information content (AvgIpc) is 2.77. The Bertz CT molecular complexity index is 1090. The summed E-state index contributed by atoms with van der Waals surface area (Å²) in [6.45, 7) is 0. The van der Waals surface area contributed by atoms with E-state index in [9.17, 15) is 0 Å². The molecule has 0 amide bonds. The molecular weight excluding hydrogens is 470 g/mol. The summed E-state index contributed by atoms with van der Waals surface area (Å²) in [7, 11) is 5.86. The van der Waals surface area contributed by atoms with Crippen LogP contribution in [0.3, 0.4) is 0 Å². The Morgan fingerprint density at radius 2 is 1.66 bits per heavy atom. The molecule has 2 aliphatic rings. The second-order valence-corrected chi connectivity index (χ2v) is 10.2. The van der Waals surface area contributed by atoms with Gasteiger partial charge in [-0.1, -0.05) is 0 Å². The number of rotatable bonds is 3. The van der Waals surface area contributed by atoms with Gasteiger partial charge in [0.05, 0.1) is 0 Å².